The molecule has 0 heterocycles. The Balaban J connectivity index is 2.12. The van der Waals surface area contributed by atoms with Crippen LogP contribution in [0.3, 0.4) is 0 Å². The van der Waals surface area contributed by atoms with E-state index in [-0.39, 0.29) is 16.5 Å². The molecular formula is C16H12ClN3O4. The lowest BCUT2D eigenvalue weighted by Gasteiger charge is -2.15. The third kappa shape index (κ3) is 4.21. The number of hydrogen-bond donors (Lipinski definition) is 1. The lowest BCUT2D eigenvalue weighted by molar-refractivity contribution is -0.386. The highest BCUT2D eigenvalue weighted by Gasteiger charge is 2.21. The first-order valence-corrected chi connectivity index (χ1v) is 7.20. The molecule has 0 aliphatic carbocycles. The molecule has 0 saturated carbocycles. The third-order valence-electron chi connectivity index (χ3n) is 3.05. The number of halogens is 1. The summed E-state index contributed by atoms with van der Waals surface area (Å²) in [5, 5.41) is 22.6. The maximum atomic E-state index is 12.1. The van der Waals surface area contributed by atoms with E-state index in [1.165, 1.54) is 25.1 Å². The molecular weight excluding hydrogens is 334 g/mol. The van der Waals surface area contributed by atoms with E-state index in [4.69, 9.17) is 21.6 Å². The topological polar surface area (TPSA) is 105 Å². The zero-order valence-electron chi connectivity index (χ0n) is 12.5. The standard InChI is InChI=1S/C16H12ClN3O4/c1-10(16(21)19-13-4-2-3-11(7-13)9-18)24-15-6-5-12(17)8-14(15)20(22)23/h2-8,10H,1H3,(H,19,21)/t10-/m0/s1. The van der Waals surface area contributed by atoms with Crippen LogP contribution in [0.5, 0.6) is 5.75 Å². The number of hydrogen-bond acceptors (Lipinski definition) is 5. The molecule has 1 atom stereocenters. The summed E-state index contributed by atoms with van der Waals surface area (Å²) in [5.41, 5.74) is 0.503. The average molecular weight is 346 g/mol. The predicted octanol–water partition coefficient (Wildman–Crippen LogP) is 3.53. The van der Waals surface area contributed by atoms with Crippen LogP contribution in [0.2, 0.25) is 5.02 Å². The van der Waals surface area contributed by atoms with E-state index in [0.29, 0.717) is 11.3 Å². The van der Waals surface area contributed by atoms with E-state index in [9.17, 15) is 14.9 Å². The number of anilines is 1. The fourth-order valence-electron chi connectivity index (χ4n) is 1.89. The Kier molecular flexibility index (Phi) is 5.35. The van der Waals surface area contributed by atoms with Gasteiger partial charge < -0.3 is 10.1 Å². The summed E-state index contributed by atoms with van der Waals surface area (Å²) in [5.74, 6) is -0.563. The Hall–Kier alpha value is -3.11. The zero-order valence-corrected chi connectivity index (χ0v) is 13.3. The minimum atomic E-state index is -0.990. The number of amides is 1. The summed E-state index contributed by atoms with van der Waals surface area (Å²) in [6.07, 6.45) is -0.990. The van der Waals surface area contributed by atoms with E-state index < -0.39 is 16.9 Å². The van der Waals surface area contributed by atoms with Gasteiger partial charge in [0.15, 0.2) is 11.9 Å². The Morgan fingerprint density at radius 2 is 2.12 bits per heavy atom. The molecule has 8 heteroatoms. The minimum absolute atomic E-state index is 0.0576. The smallest absolute Gasteiger partial charge is 0.312 e. The Morgan fingerprint density at radius 3 is 2.79 bits per heavy atom. The molecule has 0 saturated heterocycles. The van der Waals surface area contributed by atoms with Crippen molar-refractivity contribution in [2.75, 3.05) is 5.32 Å². The fraction of sp³-hybridized carbons (Fsp3) is 0.125. The van der Waals surface area contributed by atoms with Gasteiger partial charge in [-0.15, -0.1) is 0 Å². The van der Waals surface area contributed by atoms with Crippen LogP contribution in [0.15, 0.2) is 42.5 Å². The van der Waals surface area contributed by atoms with E-state index in [2.05, 4.69) is 5.32 Å². The van der Waals surface area contributed by atoms with Gasteiger partial charge in [-0.05, 0) is 37.3 Å². The number of nitriles is 1. The number of nitrogens with zero attached hydrogens (tertiary/aromatic N) is 2. The van der Waals surface area contributed by atoms with Crippen molar-refractivity contribution >= 4 is 28.9 Å². The van der Waals surface area contributed by atoms with E-state index in [0.717, 1.165) is 6.07 Å². The first-order chi connectivity index (χ1) is 11.4. The normalized spacial score (nSPS) is 11.2. The van der Waals surface area contributed by atoms with Gasteiger partial charge in [-0.3, -0.25) is 14.9 Å². The molecule has 24 heavy (non-hydrogen) atoms. The van der Waals surface area contributed by atoms with Crippen LogP contribution in [-0.4, -0.2) is 16.9 Å². The van der Waals surface area contributed by atoms with Crippen LogP contribution in [0.1, 0.15) is 12.5 Å². The van der Waals surface area contributed by atoms with Crippen LogP contribution < -0.4 is 10.1 Å². The maximum absolute atomic E-state index is 12.1. The Labute approximate surface area is 142 Å². The van der Waals surface area contributed by atoms with Crippen LogP contribution in [0, 0.1) is 21.4 Å². The Bertz CT molecular complexity index is 832. The number of benzene rings is 2. The van der Waals surface area contributed by atoms with Crippen molar-refractivity contribution in [1.82, 2.24) is 0 Å². The number of nitrogens with one attached hydrogen (secondary N) is 1. The van der Waals surface area contributed by atoms with Gasteiger partial charge in [-0.2, -0.15) is 5.26 Å². The lowest BCUT2D eigenvalue weighted by Crippen LogP contribution is -2.30. The molecule has 0 bridgehead atoms. The summed E-state index contributed by atoms with van der Waals surface area (Å²) in [6, 6.07) is 12.2. The predicted molar refractivity (Wildman–Crippen MR) is 88.0 cm³/mol. The van der Waals surface area contributed by atoms with Crippen LogP contribution >= 0.6 is 11.6 Å². The lowest BCUT2D eigenvalue weighted by atomic mass is 10.2. The number of nitro groups is 1. The SMILES string of the molecule is C[C@H](Oc1ccc(Cl)cc1[N+](=O)[O-])C(=O)Nc1cccc(C#N)c1. The summed E-state index contributed by atoms with van der Waals surface area (Å²) in [4.78, 5) is 22.5. The minimum Gasteiger partial charge on any atom is -0.474 e. The molecule has 1 N–H and O–H groups in total. The first-order valence-electron chi connectivity index (χ1n) is 6.82. The molecule has 0 spiro atoms. The number of carbonyl (C=O) groups is 1. The second-order valence-corrected chi connectivity index (χ2v) is 5.25. The van der Waals surface area contributed by atoms with Crippen molar-refractivity contribution in [2.45, 2.75) is 13.0 Å². The number of rotatable bonds is 5. The van der Waals surface area contributed by atoms with Crippen LogP contribution in [-0.2, 0) is 4.79 Å². The molecule has 2 rings (SSSR count). The second-order valence-electron chi connectivity index (χ2n) is 4.81. The van der Waals surface area contributed by atoms with E-state index in [1.807, 2.05) is 6.07 Å². The number of ether oxygens (including phenoxy) is 1. The summed E-state index contributed by atoms with van der Waals surface area (Å²) in [6.45, 7) is 1.46. The molecule has 122 valence electrons. The highest BCUT2D eigenvalue weighted by Crippen LogP contribution is 2.30. The molecule has 0 aliphatic heterocycles. The number of carbonyl (C=O) groups excluding carboxylic acids is 1. The van der Waals surface area contributed by atoms with Crippen molar-refractivity contribution in [3.8, 4) is 11.8 Å². The van der Waals surface area contributed by atoms with Crippen molar-refractivity contribution in [3.63, 3.8) is 0 Å². The van der Waals surface area contributed by atoms with Gasteiger partial charge in [0, 0.05) is 16.8 Å². The molecule has 0 aromatic heterocycles. The zero-order chi connectivity index (χ0) is 17.7. The quantitative estimate of drug-likeness (QED) is 0.659. The largest absolute Gasteiger partial charge is 0.474 e. The molecule has 0 fully saturated rings. The van der Waals surface area contributed by atoms with Crippen molar-refractivity contribution in [1.29, 1.82) is 5.26 Å². The molecule has 0 radical (unpaired) electrons. The van der Waals surface area contributed by atoms with Gasteiger partial charge in [-0.1, -0.05) is 17.7 Å². The van der Waals surface area contributed by atoms with E-state index in [1.54, 1.807) is 18.2 Å². The molecule has 0 unspecified atom stereocenters. The van der Waals surface area contributed by atoms with E-state index >= 15 is 0 Å². The third-order valence-corrected chi connectivity index (χ3v) is 3.28. The summed E-state index contributed by atoms with van der Waals surface area (Å²) >= 11 is 5.73. The monoisotopic (exact) mass is 345 g/mol. The molecule has 0 aliphatic rings. The first kappa shape index (κ1) is 17.2. The van der Waals surface area contributed by atoms with Gasteiger partial charge in [0.2, 0.25) is 0 Å². The van der Waals surface area contributed by atoms with Crippen LogP contribution in [0.25, 0.3) is 0 Å². The highest BCUT2D eigenvalue weighted by molar-refractivity contribution is 6.30. The molecule has 2 aromatic rings. The molecule has 7 nitrogen and oxygen atoms in total. The second kappa shape index (κ2) is 7.44. The molecule has 1 amide bonds. The Morgan fingerprint density at radius 1 is 1.38 bits per heavy atom. The molecule has 2 aromatic carbocycles. The van der Waals surface area contributed by atoms with Gasteiger partial charge in [0.05, 0.1) is 16.6 Å². The van der Waals surface area contributed by atoms with Gasteiger partial charge in [-0.25, -0.2) is 0 Å². The van der Waals surface area contributed by atoms with Gasteiger partial charge in [0.1, 0.15) is 0 Å². The van der Waals surface area contributed by atoms with Gasteiger partial charge in [0.25, 0.3) is 5.91 Å². The van der Waals surface area contributed by atoms with Gasteiger partial charge >= 0.3 is 5.69 Å². The maximum Gasteiger partial charge on any atom is 0.312 e. The summed E-state index contributed by atoms with van der Waals surface area (Å²) < 4.78 is 5.37. The average Bonchev–Trinajstić information content (AvgIpc) is 2.56. The van der Waals surface area contributed by atoms with Crippen molar-refractivity contribution in [3.05, 3.63) is 63.2 Å². The number of nitro benzene ring substituents is 1. The van der Waals surface area contributed by atoms with Crippen LogP contribution in [0.4, 0.5) is 11.4 Å². The van der Waals surface area contributed by atoms with Crippen molar-refractivity contribution in [2.24, 2.45) is 0 Å². The van der Waals surface area contributed by atoms with Crippen molar-refractivity contribution < 1.29 is 14.5 Å². The highest BCUT2D eigenvalue weighted by atomic mass is 35.5. The summed E-state index contributed by atoms with van der Waals surface area (Å²) in [7, 11) is 0. The fourth-order valence-corrected chi connectivity index (χ4v) is 2.05.